The maximum Gasteiger partial charge on any atom is 0.266 e. The number of halogens is 2. The number of hydrogen-bond acceptors (Lipinski definition) is 2. The number of benzene rings is 3. The number of fused-ring (bicyclic) bond motifs is 1. The summed E-state index contributed by atoms with van der Waals surface area (Å²) in [5.41, 5.74) is 2.53. The molecule has 28 heavy (non-hydrogen) atoms. The van der Waals surface area contributed by atoms with Gasteiger partial charge in [0.1, 0.15) is 11.6 Å². The molecule has 138 valence electrons. The van der Waals surface area contributed by atoms with E-state index in [1.807, 2.05) is 25.1 Å². The fourth-order valence-electron chi connectivity index (χ4n) is 3.11. The third-order valence-electron chi connectivity index (χ3n) is 4.56. The Morgan fingerprint density at radius 1 is 1.00 bits per heavy atom. The fourth-order valence-corrected chi connectivity index (χ4v) is 3.28. The molecule has 0 aliphatic carbocycles. The highest BCUT2D eigenvalue weighted by Crippen LogP contribution is 2.23. The first kappa shape index (κ1) is 18.1. The predicted octanol–water partition coefficient (Wildman–Crippen LogP) is 5.66. The van der Waals surface area contributed by atoms with Crippen LogP contribution in [0.2, 0.25) is 5.02 Å². The van der Waals surface area contributed by atoms with E-state index < -0.39 is 0 Å². The first-order valence-electron chi connectivity index (χ1n) is 8.75. The lowest BCUT2D eigenvalue weighted by Gasteiger charge is -2.14. The van der Waals surface area contributed by atoms with E-state index >= 15 is 0 Å². The number of hydrogen-bond donors (Lipinski definition) is 0. The maximum absolute atomic E-state index is 13.5. The van der Waals surface area contributed by atoms with Crippen LogP contribution in [-0.2, 0) is 0 Å². The standard InChI is InChI=1S/C23H16ClFN2O/c1-15-19(24)9-5-11-21(15)27-22(13-12-16-6-4-7-17(25)14-16)26-20-10-3-2-8-18(20)23(27)28/h2-14H,1H3/b13-12+. The third-order valence-corrected chi connectivity index (χ3v) is 4.96. The van der Waals surface area contributed by atoms with E-state index in [-0.39, 0.29) is 11.4 Å². The lowest BCUT2D eigenvalue weighted by molar-refractivity contribution is 0.627. The van der Waals surface area contributed by atoms with Crippen LogP contribution in [0, 0.1) is 12.7 Å². The van der Waals surface area contributed by atoms with Gasteiger partial charge in [0.15, 0.2) is 0 Å². The predicted molar refractivity (Wildman–Crippen MR) is 112 cm³/mol. The summed E-state index contributed by atoms with van der Waals surface area (Å²) < 4.78 is 15.0. The molecule has 0 fully saturated rings. The van der Waals surface area contributed by atoms with Gasteiger partial charge in [-0.25, -0.2) is 9.37 Å². The summed E-state index contributed by atoms with van der Waals surface area (Å²) in [6.07, 6.45) is 3.44. The zero-order valence-corrected chi connectivity index (χ0v) is 15.8. The SMILES string of the molecule is Cc1c(Cl)cccc1-n1c(/C=C/c2cccc(F)c2)nc2ccccc2c1=O. The monoisotopic (exact) mass is 390 g/mol. The maximum atomic E-state index is 13.5. The summed E-state index contributed by atoms with van der Waals surface area (Å²) in [4.78, 5) is 17.9. The molecule has 0 unspecified atom stereocenters. The van der Waals surface area contributed by atoms with Gasteiger partial charge in [0, 0.05) is 5.02 Å². The molecule has 1 aromatic heterocycles. The summed E-state index contributed by atoms with van der Waals surface area (Å²) in [5.74, 6) is 0.120. The van der Waals surface area contributed by atoms with Crippen LogP contribution in [0.1, 0.15) is 17.0 Å². The van der Waals surface area contributed by atoms with Gasteiger partial charge in [-0.05, 0) is 60.5 Å². The molecule has 0 atom stereocenters. The summed E-state index contributed by atoms with van der Waals surface area (Å²) >= 11 is 6.28. The minimum Gasteiger partial charge on any atom is -0.268 e. The Labute approximate surface area is 166 Å². The second kappa shape index (κ2) is 7.41. The third kappa shape index (κ3) is 3.35. The average Bonchev–Trinajstić information content (AvgIpc) is 2.69. The summed E-state index contributed by atoms with van der Waals surface area (Å²) in [7, 11) is 0. The van der Waals surface area contributed by atoms with Gasteiger partial charge in [-0.2, -0.15) is 0 Å². The van der Waals surface area contributed by atoms with Gasteiger partial charge in [-0.3, -0.25) is 9.36 Å². The second-order valence-electron chi connectivity index (χ2n) is 6.40. The molecular weight excluding hydrogens is 375 g/mol. The second-order valence-corrected chi connectivity index (χ2v) is 6.81. The van der Waals surface area contributed by atoms with Crippen LogP contribution in [0.25, 0.3) is 28.7 Å². The van der Waals surface area contributed by atoms with Crippen LogP contribution in [-0.4, -0.2) is 9.55 Å². The number of para-hydroxylation sites is 1. The largest absolute Gasteiger partial charge is 0.268 e. The van der Waals surface area contributed by atoms with Gasteiger partial charge < -0.3 is 0 Å². The normalized spacial score (nSPS) is 11.4. The van der Waals surface area contributed by atoms with Crippen LogP contribution in [0.4, 0.5) is 4.39 Å². The lowest BCUT2D eigenvalue weighted by atomic mass is 10.1. The van der Waals surface area contributed by atoms with E-state index in [9.17, 15) is 9.18 Å². The average molecular weight is 391 g/mol. The topological polar surface area (TPSA) is 34.9 Å². The van der Waals surface area contributed by atoms with Crippen molar-refractivity contribution in [3.05, 3.63) is 105 Å². The molecule has 4 aromatic rings. The van der Waals surface area contributed by atoms with Crippen molar-refractivity contribution in [1.29, 1.82) is 0 Å². The lowest BCUT2D eigenvalue weighted by Crippen LogP contribution is -2.23. The Kier molecular flexibility index (Phi) is 4.80. The summed E-state index contributed by atoms with van der Waals surface area (Å²) in [6, 6.07) is 18.8. The van der Waals surface area contributed by atoms with Gasteiger partial charge in [-0.1, -0.05) is 48.0 Å². The molecule has 4 rings (SSSR count). The van der Waals surface area contributed by atoms with Crippen molar-refractivity contribution in [2.75, 3.05) is 0 Å². The van der Waals surface area contributed by atoms with Crippen molar-refractivity contribution in [3.63, 3.8) is 0 Å². The molecule has 0 bridgehead atoms. The van der Waals surface area contributed by atoms with Gasteiger partial charge in [0.05, 0.1) is 16.6 Å². The van der Waals surface area contributed by atoms with Crippen molar-refractivity contribution in [2.24, 2.45) is 0 Å². The highest BCUT2D eigenvalue weighted by atomic mass is 35.5. The highest BCUT2D eigenvalue weighted by Gasteiger charge is 2.13. The zero-order valence-electron chi connectivity index (χ0n) is 15.1. The van der Waals surface area contributed by atoms with Gasteiger partial charge in [0.25, 0.3) is 5.56 Å². The van der Waals surface area contributed by atoms with Crippen LogP contribution < -0.4 is 5.56 Å². The number of aromatic nitrogens is 2. The minimum atomic E-state index is -0.323. The van der Waals surface area contributed by atoms with E-state index in [1.54, 1.807) is 53.1 Å². The van der Waals surface area contributed by atoms with E-state index in [2.05, 4.69) is 4.98 Å². The highest BCUT2D eigenvalue weighted by molar-refractivity contribution is 6.31. The molecular formula is C23H16ClFN2O. The van der Waals surface area contributed by atoms with Crippen molar-refractivity contribution in [3.8, 4) is 5.69 Å². The Hall–Kier alpha value is -3.24. The zero-order chi connectivity index (χ0) is 19.7. The number of nitrogens with zero attached hydrogens (tertiary/aromatic N) is 2. The van der Waals surface area contributed by atoms with Crippen molar-refractivity contribution in [2.45, 2.75) is 6.92 Å². The van der Waals surface area contributed by atoms with Crippen LogP contribution in [0.3, 0.4) is 0 Å². The van der Waals surface area contributed by atoms with Gasteiger partial charge >= 0.3 is 0 Å². The molecule has 0 radical (unpaired) electrons. The van der Waals surface area contributed by atoms with Crippen LogP contribution >= 0.6 is 11.6 Å². The number of rotatable bonds is 3. The summed E-state index contributed by atoms with van der Waals surface area (Å²) in [5, 5.41) is 1.09. The quantitative estimate of drug-likeness (QED) is 0.452. The fraction of sp³-hybridized carbons (Fsp3) is 0.0435. The minimum absolute atomic E-state index is 0.185. The molecule has 0 spiro atoms. The van der Waals surface area contributed by atoms with Crippen molar-refractivity contribution < 1.29 is 4.39 Å². The molecule has 0 amide bonds. The smallest absolute Gasteiger partial charge is 0.266 e. The van der Waals surface area contributed by atoms with Crippen LogP contribution in [0.5, 0.6) is 0 Å². The molecule has 0 aliphatic heterocycles. The van der Waals surface area contributed by atoms with Crippen molar-refractivity contribution >= 4 is 34.7 Å². The molecule has 1 heterocycles. The van der Waals surface area contributed by atoms with Gasteiger partial charge in [0.2, 0.25) is 0 Å². The van der Waals surface area contributed by atoms with E-state index in [0.29, 0.717) is 33.0 Å². The molecule has 0 saturated carbocycles. The molecule has 5 heteroatoms. The van der Waals surface area contributed by atoms with Gasteiger partial charge in [-0.15, -0.1) is 0 Å². The summed E-state index contributed by atoms with van der Waals surface area (Å²) in [6.45, 7) is 1.86. The van der Waals surface area contributed by atoms with E-state index in [1.165, 1.54) is 12.1 Å². The first-order valence-corrected chi connectivity index (χ1v) is 9.13. The Morgan fingerprint density at radius 3 is 2.61 bits per heavy atom. The Morgan fingerprint density at radius 2 is 1.79 bits per heavy atom. The van der Waals surface area contributed by atoms with E-state index in [0.717, 1.165) is 5.56 Å². The van der Waals surface area contributed by atoms with Crippen LogP contribution in [0.15, 0.2) is 71.5 Å². The Bertz CT molecular complexity index is 1280. The first-order chi connectivity index (χ1) is 13.5. The van der Waals surface area contributed by atoms with E-state index in [4.69, 9.17) is 11.6 Å². The molecule has 0 aliphatic rings. The Balaban J connectivity index is 1.99. The molecule has 0 saturated heterocycles. The molecule has 3 aromatic carbocycles. The van der Waals surface area contributed by atoms with Crippen molar-refractivity contribution in [1.82, 2.24) is 9.55 Å². The molecule has 3 nitrogen and oxygen atoms in total. The molecule has 0 N–H and O–H groups in total.